The van der Waals surface area contributed by atoms with E-state index in [1.807, 2.05) is 24.3 Å². The second-order valence-electron chi connectivity index (χ2n) is 5.54. The lowest BCUT2D eigenvalue weighted by Crippen LogP contribution is -2.17. The molecule has 0 fully saturated rings. The van der Waals surface area contributed by atoms with E-state index in [0.29, 0.717) is 17.8 Å². The van der Waals surface area contributed by atoms with Gasteiger partial charge in [0.25, 0.3) is 0 Å². The van der Waals surface area contributed by atoms with Crippen molar-refractivity contribution in [1.82, 2.24) is 10.3 Å². The monoisotopic (exact) mass is 284 g/mol. The first kappa shape index (κ1) is 15.5. The molecule has 3 nitrogen and oxygen atoms in total. The van der Waals surface area contributed by atoms with Gasteiger partial charge in [-0.15, -0.1) is 0 Å². The van der Waals surface area contributed by atoms with Gasteiger partial charge < -0.3 is 10.1 Å². The number of rotatable bonds is 6. The maximum Gasteiger partial charge on any atom is 0.219 e. The Hall–Kier alpha value is -1.87. The molecule has 21 heavy (non-hydrogen) atoms. The lowest BCUT2D eigenvalue weighted by Gasteiger charge is -2.14. The summed E-state index contributed by atoms with van der Waals surface area (Å²) in [5, 5.41) is 3.39. The van der Waals surface area contributed by atoms with E-state index < -0.39 is 0 Å². The van der Waals surface area contributed by atoms with E-state index in [1.54, 1.807) is 6.20 Å². The van der Waals surface area contributed by atoms with Gasteiger partial charge in [-0.1, -0.05) is 32.9 Å². The van der Waals surface area contributed by atoms with Crippen molar-refractivity contribution in [1.29, 1.82) is 0 Å². The molecule has 0 aliphatic heterocycles. The van der Waals surface area contributed by atoms with Crippen molar-refractivity contribution >= 4 is 0 Å². The third kappa shape index (κ3) is 4.30. The average molecular weight is 284 g/mol. The zero-order valence-corrected chi connectivity index (χ0v) is 13.3. The Balaban J connectivity index is 2.16. The number of pyridine rings is 1. The number of aromatic nitrogens is 1. The second-order valence-corrected chi connectivity index (χ2v) is 5.54. The van der Waals surface area contributed by atoms with Crippen molar-refractivity contribution in [3.05, 3.63) is 53.7 Å². The smallest absolute Gasteiger partial charge is 0.219 e. The predicted octanol–water partition coefficient (Wildman–Crippen LogP) is 4.67. The molecule has 0 aliphatic carbocycles. The van der Waals surface area contributed by atoms with Gasteiger partial charge in [0, 0.05) is 18.3 Å². The van der Waals surface area contributed by atoms with Crippen LogP contribution < -0.4 is 10.1 Å². The van der Waals surface area contributed by atoms with Gasteiger partial charge in [0.05, 0.1) is 0 Å². The normalized spacial score (nSPS) is 12.4. The first-order chi connectivity index (χ1) is 10.1. The zero-order valence-electron chi connectivity index (χ0n) is 13.3. The molecule has 1 aromatic carbocycles. The fraction of sp³-hybridized carbons (Fsp3) is 0.389. The Labute approximate surface area is 127 Å². The van der Waals surface area contributed by atoms with Crippen LogP contribution in [0.4, 0.5) is 0 Å². The van der Waals surface area contributed by atoms with E-state index >= 15 is 0 Å². The summed E-state index contributed by atoms with van der Waals surface area (Å²) in [6.45, 7) is 9.54. The van der Waals surface area contributed by atoms with Crippen molar-refractivity contribution < 1.29 is 4.74 Å². The van der Waals surface area contributed by atoms with E-state index in [2.05, 4.69) is 50.1 Å². The average Bonchev–Trinajstić information content (AvgIpc) is 2.48. The van der Waals surface area contributed by atoms with Crippen LogP contribution >= 0.6 is 0 Å². The van der Waals surface area contributed by atoms with Gasteiger partial charge in [0.2, 0.25) is 5.88 Å². The van der Waals surface area contributed by atoms with E-state index in [4.69, 9.17) is 4.74 Å². The standard InChI is InChI=1S/C18H24N2O/c1-5-19-14(4)16-9-10-20-18(12-16)21-17-8-6-7-15(11-17)13(2)3/h6-14,19H,5H2,1-4H3. The molecule has 1 heterocycles. The quantitative estimate of drug-likeness (QED) is 0.837. The molecule has 0 amide bonds. The van der Waals surface area contributed by atoms with Crippen LogP contribution in [0.1, 0.15) is 50.8 Å². The van der Waals surface area contributed by atoms with E-state index in [-0.39, 0.29) is 0 Å². The van der Waals surface area contributed by atoms with Gasteiger partial charge in [-0.05, 0) is 48.7 Å². The Bertz CT molecular complexity index is 581. The molecule has 0 spiro atoms. The Kier molecular flexibility index (Phi) is 5.34. The van der Waals surface area contributed by atoms with Gasteiger partial charge in [0.15, 0.2) is 0 Å². The number of nitrogens with zero attached hydrogens (tertiary/aromatic N) is 1. The summed E-state index contributed by atoms with van der Waals surface area (Å²) < 4.78 is 5.90. The van der Waals surface area contributed by atoms with Gasteiger partial charge in [-0.2, -0.15) is 0 Å². The molecule has 1 unspecified atom stereocenters. The molecule has 3 heteroatoms. The first-order valence-electron chi connectivity index (χ1n) is 7.57. The summed E-state index contributed by atoms with van der Waals surface area (Å²) >= 11 is 0. The van der Waals surface area contributed by atoms with E-state index in [9.17, 15) is 0 Å². The predicted molar refractivity (Wildman–Crippen MR) is 86.9 cm³/mol. The summed E-state index contributed by atoms with van der Waals surface area (Å²) in [4.78, 5) is 4.30. The van der Waals surface area contributed by atoms with Gasteiger partial charge in [-0.25, -0.2) is 4.98 Å². The minimum Gasteiger partial charge on any atom is -0.439 e. The lowest BCUT2D eigenvalue weighted by molar-refractivity contribution is 0.459. The second kappa shape index (κ2) is 7.23. The van der Waals surface area contributed by atoms with Crippen molar-refractivity contribution in [2.45, 2.75) is 39.7 Å². The molecule has 0 radical (unpaired) electrons. The topological polar surface area (TPSA) is 34.2 Å². The van der Waals surface area contributed by atoms with Crippen LogP contribution in [0.2, 0.25) is 0 Å². The molecule has 0 saturated carbocycles. The Morgan fingerprint density at radius 3 is 2.62 bits per heavy atom. The summed E-state index contributed by atoms with van der Waals surface area (Å²) in [6.07, 6.45) is 1.80. The van der Waals surface area contributed by atoms with Crippen LogP contribution in [0.3, 0.4) is 0 Å². The highest BCUT2D eigenvalue weighted by molar-refractivity contribution is 5.34. The van der Waals surface area contributed by atoms with Gasteiger partial charge in [-0.3, -0.25) is 0 Å². The Morgan fingerprint density at radius 1 is 1.10 bits per heavy atom. The van der Waals surface area contributed by atoms with E-state index in [1.165, 1.54) is 11.1 Å². The van der Waals surface area contributed by atoms with Crippen LogP contribution in [0.25, 0.3) is 0 Å². The number of hydrogen-bond donors (Lipinski definition) is 1. The summed E-state index contributed by atoms with van der Waals surface area (Å²) in [6, 6.07) is 12.5. The summed E-state index contributed by atoms with van der Waals surface area (Å²) in [5.41, 5.74) is 2.45. The summed E-state index contributed by atoms with van der Waals surface area (Å²) in [5.74, 6) is 1.96. The van der Waals surface area contributed by atoms with Crippen LogP contribution in [-0.2, 0) is 0 Å². The van der Waals surface area contributed by atoms with Crippen LogP contribution in [0, 0.1) is 0 Å². The summed E-state index contributed by atoms with van der Waals surface area (Å²) in [7, 11) is 0. The molecule has 0 aliphatic rings. The van der Waals surface area contributed by atoms with Gasteiger partial charge >= 0.3 is 0 Å². The van der Waals surface area contributed by atoms with Crippen LogP contribution in [-0.4, -0.2) is 11.5 Å². The number of benzene rings is 1. The minimum absolute atomic E-state index is 0.294. The molecule has 1 atom stereocenters. The fourth-order valence-corrected chi connectivity index (χ4v) is 2.23. The van der Waals surface area contributed by atoms with E-state index in [0.717, 1.165) is 12.3 Å². The Morgan fingerprint density at radius 2 is 1.90 bits per heavy atom. The largest absolute Gasteiger partial charge is 0.439 e. The number of hydrogen-bond acceptors (Lipinski definition) is 3. The van der Waals surface area contributed by atoms with Crippen molar-refractivity contribution in [2.24, 2.45) is 0 Å². The fourth-order valence-electron chi connectivity index (χ4n) is 2.23. The molecule has 2 rings (SSSR count). The lowest BCUT2D eigenvalue weighted by atomic mass is 10.0. The SMILES string of the molecule is CCNC(C)c1ccnc(Oc2cccc(C(C)C)c2)c1. The highest BCUT2D eigenvalue weighted by Crippen LogP contribution is 2.25. The minimum atomic E-state index is 0.294. The van der Waals surface area contributed by atoms with Crippen molar-refractivity contribution in [3.8, 4) is 11.6 Å². The van der Waals surface area contributed by atoms with Crippen molar-refractivity contribution in [3.63, 3.8) is 0 Å². The van der Waals surface area contributed by atoms with Gasteiger partial charge in [0.1, 0.15) is 5.75 Å². The molecule has 0 bridgehead atoms. The molecular formula is C18H24N2O. The first-order valence-corrected chi connectivity index (χ1v) is 7.57. The molecule has 2 aromatic rings. The molecule has 112 valence electrons. The van der Waals surface area contributed by atoms with Crippen molar-refractivity contribution in [2.75, 3.05) is 6.54 Å². The van der Waals surface area contributed by atoms with Crippen LogP contribution in [0.15, 0.2) is 42.6 Å². The third-order valence-electron chi connectivity index (χ3n) is 3.52. The molecule has 1 aromatic heterocycles. The molecule has 0 saturated heterocycles. The molecular weight excluding hydrogens is 260 g/mol. The maximum atomic E-state index is 5.90. The molecule has 1 N–H and O–H groups in total. The van der Waals surface area contributed by atoms with Crippen LogP contribution in [0.5, 0.6) is 11.6 Å². The highest BCUT2D eigenvalue weighted by atomic mass is 16.5. The zero-order chi connectivity index (χ0) is 15.2. The highest BCUT2D eigenvalue weighted by Gasteiger charge is 2.07. The number of nitrogens with one attached hydrogen (secondary N) is 1. The number of ether oxygens (including phenoxy) is 1. The third-order valence-corrected chi connectivity index (χ3v) is 3.52. The maximum absolute atomic E-state index is 5.90.